The van der Waals surface area contributed by atoms with Crippen LogP contribution >= 0.6 is 0 Å². The number of carbonyl (C=O) groups is 1. The number of carboxylic acid groups (broad SMARTS) is 1. The molecule has 0 unspecified atom stereocenters. The lowest BCUT2D eigenvalue weighted by Gasteiger charge is -2.16. The van der Waals surface area contributed by atoms with Gasteiger partial charge in [0.1, 0.15) is 5.56 Å². The van der Waals surface area contributed by atoms with Gasteiger partial charge in [-0.1, -0.05) is 19.1 Å². The number of rotatable bonds is 6. The van der Waals surface area contributed by atoms with E-state index in [1.807, 2.05) is 18.9 Å². The maximum atomic E-state index is 11.2. The molecular formula is C12H16N2O4. The minimum atomic E-state index is -1.26. The second kappa shape index (κ2) is 6.11. The summed E-state index contributed by atoms with van der Waals surface area (Å²) in [6, 6.07) is 4.34. The zero-order valence-corrected chi connectivity index (χ0v) is 10.4. The Hall–Kier alpha value is -1.95. The third kappa shape index (κ3) is 3.27. The Morgan fingerprint density at radius 2 is 2.17 bits per heavy atom. The highest BCUT2D eigenvalue weighted by Crippen LogP contribution is 2.23. The zero-order valence-electron chi connectivity index (χ0n) is 10.4. The highest BCUT2D eigenvalue weighted by molar-refractivity contribution is 5.94. The molecule has 0 atom stereocenters. The zero-order chi connectivity index (χ0) is 13.7. The number of nitro groups is 1. The smallest absolute Gasteiger partial charge is 0.343 e. The van der Waals surface area contributed by atoms with Crippen molar-refractivity contribution in [3.05, 3.63) is 39.4 Å². The predicted molar refractivity (Wildman–Crippen MR) is 66.7 cm³/mol. The molecule has 1 aromatic carbocycles. The molecule has 1 rings (SSSR count). The van der Waals surface area contributed by atoms with Gasteiger partial charge in [0.05, 0.1) is 4.92 Å². The molecule has 1 N–H and O–H groups in total. The summed E-state index contributed by atoms with van der Waals surface area (Å²) in [4.78, 5) is 23.3. The highest BCUT2D eigenvalue weighted by Gasteiger charge is 2.23. The average Bonchev–Trinajstić information content (AvgIpc) is 2.28. The van der Waals surface area contributed by atoms with E-state index in [1.54, 1.807) is 6.07 Å². The van der Waals surface area contributed by atoms with Gasteiger partial charge in [-0.05, 0) is 25.6 Å². The van der Waals surface area contributed by atoms with Gasteiger partial charge in [0.15, 0.2) is 0 Å². The van der Waals surface area contributed by atoms with Crippen LogP contribution in [0.1, 0.15) is 29.3 Å². The van der Waals surface area contributed by atoms with Gasteiger partial charge in [-0.2, -0.15) is 0 Å². The molecule has 0 saturated heterocycles. The van der Waals surface area contributed by atoms with E-state index < -0.39 is 10.9 Å². The van der Waals surface area contributed by atoms with Crippen LogP contribution < -0.4 is 0 Å². The Balaban J connectivity index is 3.15. The fourth-order valence-corrected chi connectivity index (χ4v) is 1.87. The fraction of sp³-hybridized carbons (Fsp3) is 0.417. The van der Waals surface area contributed by atoms with Crippen molar-refractivity contribution in [2.24, 2.45) is 0 Å². The summed E-state index contributed by atoms with van der Waals surface area (Å²) in [5.41, 5.74) is -0.108. The van der Waals surface area contributed by atoms with Crippen LogP contribution in [0.2, 0.25) is 0 Å². The topological polar surface area (TPSA) is 83.7 Å². The third-order valence-electron chi connectivity index (χ3n) is 2.58. The van der Waals surface area contributed by atoms with Crippen LogP contribution in [-0.2, 0) is 6.54 Å². The summed E-state index contributed by atoms with van der Waals surface area (Å²) < 4.78 is 0. The summed E-state index contributed by atoms with van der Waals surface area (Å²) in [5.74, 6) is -1.26. The summed E-state index contributed by atoms with van der Waals surface area (Å²) in [6.45, 7) is 3.21. The van der Waals surface area contributed by atoms with Gasteiger partial charge in [-0.15, -0.1) is 0 Å². The van der Waals surface area contributed by atoms with Crippen LogP contribution in [0, 0.1) is 10.1 Å². The van der Waals surface area contributed by atoms with Gasteiger partial charge in [0, 0.05) is 12.6 Å². The lowest BCUT2D eigenvalue weighted by molar-refractivity contribution is -0.385. The van der Waals surface area contributed by atoms with Crippen molar-refractivity contribution < 1.29 is 14.8 Å². The molecule has 6 heteroatoms. The second-order valence-electron chi connectivity index (χ2n) is 4.11. The third-order valence-corrected chi connectivity index (χ3v) is 2.58. The summed E-state index contributed by atoms with van der Waals surface area (Å²) in [7, 11) is 1.86. The van der Waals surface area contributed by atoms with Crippen molar-refractivity contribution >= 4 is 11.7 Å². The minimum absolute atomic E-state index is 0.217. The molecule has 1 aromatic rings. The van der Waals surface area contributed by atoms with Gasteiger partial charge in [-0.3, -0.25) is 10.1 Å². The van der Waals surface area contributed by atoms with E-state index in [-0.39, 0.29) is 11.3 Å². The Morgan fingerprint density at radius 1 is 1.50 bits per heavy atom. The van der Waals surface area contributed by atoms with Crippen LogP contribution in [0.25, 0.3) is 0 Å². The monoisotopic (exact) mass is 252 g/mol. The number of carboxylic acids is 1. The first-order valence-corrected chi connectivity index (χ1v) is 5.65. The molecule has 0 bridgehead atoms. The SMILES string of the molecule is CCCN(C)Cc1cccc([N+](=O)[O-])c1C(=O)O. The molecule has 0 fully saturated rings. The molecule has 0 amide bonds. The molecule has 0 heterocycles. The average molecular weight is 252 g/mol. The fourth-order valence-electron chi connectivity index (χ4n) is 1.87. The number of benzene rings is 1. The lowest BCUT2D eigenvalue weighted by Crippen LogP contribution is -2.20. The van der Waals surface area contributed by atoms with E-state index in [4.69, 9.17) is 5.11 Å². The number of nitrogens with zero attached hydrogens (tertiary/aromatic N) is 2. The van der Waals surface area contributed by atoms with Crippen molar-refractivity contribution in [3.63, 3.8) is 0 Å². The largest absolute Gasteiger partial charge is 0.477 e. The first-order chi connectivity index (χ1) is 8.47. The second-order valence-corrected chi connectivity index (χ2v) is 4.11. The van der Waals surface area contributed by atoms with Gasteiger partial charge in [0.2, 0.25) is 0 Å². The summed E-state index contributed by atoms with van der Waals surface area (Å²) >= 11 is 0. The van der Waals surface area contributed by atoms with E-state index in [0.29, 0.717) is 12.1 Å². The Morgan fingerprint density at radius 3 is 2.67 bits per heavy atom. The standard InChI is InChI=1S/C12H16N2O4/c1-3-7-13(2)8-9-5-4-6-10(14(17)18)11(9)12(15)16/h4-6H,3,7-8H2,1-2H3,(H,15,16). The number of hydrogen-bond acceptors (Lipinski definition) is 4. The van der Waals surface area contributed by atoms with Gasteiger partial charge >= 0.3 is 5.97 Å². The molecule has 0 saturated carbocycles. The van der Waals surface area contributed by atoms with Crippen LogP contribution in [-0.4, -0.2) is 34.5 Å². The minimum Gasteiger partial charge on any atom is -0.477 e. The number of aromatic carboxylic acids is 1. The molecule has 18 heavy (non-hydrogen) atoms. The van der Waals surface area contributed by atoms with Crippen LogP contribution in [0.4, 0.5) is 5.69 Å². The quantitative estimate of drug-likeness (QED) is 0.619. The maximum absolute atomic E-state index is 11.2. The van der Waals surface area contributed by atoms with Gasteiger partial charge in [-0.25, -0.2) is 4.79 Å². The van der Waals surface area contributed by atoms with E-state index in [0.717, 1.165) is 13.0 Å². The first kappa shape index (κ1) is 14.1. The van der Waals surface area contributed by atoms with Crippen molar-refractivity contribution in [1.82, 2.24) is 4.90 Å². The summed E-state index contributed by atoms with van der Waals surface area (Å²) in [5, 5.41) is 19.9. The van der Waals surface area contributed by atoms with Crippen molar-refractivity contribution in [3.8, 4) is 0 Å². The van der Waals surface area contributed by atoms with Gasteiger partial charge in [0.25, 0.3) is 5.69 Å². The predicted octanol–water partition coefficient (Wildman–Crippen LogP) is 2.13. The molecule has 0 aromatic heterocycles. The van der Waals surface area contributed by atoms with Crippen LogP contribution in [0.5, 0.6) is 0 Å². The van der Waals surface area contributed by atoms with Gasteiger partial charge < -0.3 is 10.0 Å². The van der Waals surface area contributed by atoms with Crippen molar-refractivity contribution in [2.75, 3.05) is 13.6 Å². The molecule has 0 aliphatic rings. The van der Waals surface area contributed by atoms with E-state index in [2.05, 4.69) is 0 Å². The molecule has 98 valence electrons. The van der Waals surface area contributed by atoms with Crippen LogP contribution in [0.15, 0.2) is 18.2 Å². The highest BCUT2D eigenvalue weighted by atomic mass is 16.6. The van der Waals surface area contributed by atoms with E-state index >= 15 is 0 Å². The molecule has 0 radical (unpaired) electrons. The number of hydrogen-bond donors (Lipinski definition) is 1. The molecule has 0 aliphatic heterocycles. The molecule has 0 spiro atoms. The first-order valence-electron chi connectivity index (χ1n) is 5.65. The molecule has 6 nitrogen and oxygen atoms in total. The van der Waals surface area contributed by atoms with E-state index in [1.165, 1.54) is 12.1 Å². The normalized spacial score (nSPS) is 10.6. The molecule has 0 aliphatic carbocycles. The van der Waals surface area contributed by atoms with Crippen molar-refractivity contribution in [2.45, 2.75) is 19.9 Å². The molecular weight excluding hydrogens is 236 g/mol. The lowest BCUT2D eigenvalue weighted by atomic mass is 10.0. The Kier molecular flexibility index (Phi) is 4.79. The van der Waals surface area contributed by atoms with E-state index in [9.17, 15) is 14.9 Å². The Labute approximate surface area is 105 Å². The van der Waals surface area contributed by atoms with Crippen LogP contribution in [0.3, 0.4) is 0 Å². The Bertz CT molecular complexity index is 459. The number of nitro benzene ring substituents is 1. The maximum Gasteiger partial charge on any atom is 0.343 e. The van der Waals surface area contributed by atoms with Crippen molar-refractivity contribution in [1.29, 1.82) is 0 Å². The summed E-state index contributed by atoms with van der Waals surface area (Å²) in [6.07, 6.45) is 0.938.